The van der Waals surface area contributed by atoms with Crippen molar-refractivity contribution in [3.63, 3.8) is 0 Å². The zero-order valence-electron chi connectivity index (χ0n) is 9.18. The zero-order chi connectivity index (χ0) is 10.7. The lowest BCUT2D eigenvalue weighted by Crippen LogP contribution is -2.20. The van der Waals surface area contributed by atoms with Crippen LogP contribution in [0.2, 0.25) is 0 Å². The summed E-state index contributed by atoms with van der Waals surface area (Å²) in [5.41, 5.74) is 0. The van der Waals surface area contributed by atoms with E-state index in [1.54, 1.807) is 0 Å². The van der Waals surface area contributed by atoms with Crippen molar-refractivity contribution in [2.24, 2.45) is 5.92 Å². The highest BCUT2D eigenvalue weighted by Crippen LogP contribution is 2.29. The van der Waals surface area contributed by atoms with Crippen LogP contribution in [0.3, 0.4) is 0 Å². The van der Waals surface area contributed by atoms with E-state index in [0.29, 0.717) is 0 Å². The number of aryl methyl sites for hydroxylation is 1. The molecule has 0 bridgehead atoms. The third kappa shape index (κ3) is 3.30. The maximum absolute atomic E-state index is 3.55. The highest BCUT2D eigenvalue weighted by atomic mass is 79.9. The van der Waals surface area contributed by atoms with Crippen molar-refractivity contribution in [3.05, 3.63) is 20.3 Å². The number of thiophene rings is 1. The van der Waals surface area contributed by atoms with E-state index in [1.807, 2.05) is 11.3 Å². The average molecular weight is 288 g/mol. The SMILES string of the molecule is Cc1sc(CNCCC2CCC2)cc1Br. The van der Waals surface area contributed by atoms with Crippen LogP contribution in [0, 0.1) is 12.8 Å². The third-order valence-electron chi connectivity index (χ3n) is 3.16. The first-order valence-electron chi connectivity index (χ1n) is 5.71. The van der Waals surface area contributed by atoms with Gasteiger partial charge in [0.2, 0.25) is 0 Å². The standard InChI is InChI=1S/C12H18BrNS/c1-9-12(13)7-11(15-9)8-14-6-5-10-3-2-4-10/h7,10,14H,2-6,8H2,1H3. The van der Waals surface area contributed by atoms with E-state index in [1.165, 1.54) is 46.5 Å². The van der Waals surface area contributed by atoms with E-state index in [4.69, 9.17) is 0 Å². The van der Waals surface area contributed by atoms with Gasteiger partial charge in [0.25, 0.3) is 0 Å². The first-order valence-corrected chi connectivity index (χ1v) is 7.32. The molecule has 0 aromatic carbocycles. The van der Waals surface area contributed by atoms with Crippen LogP contribution < -0.4 is 5.32 Å². The van der Waals surface area contributed by atoms with Gasteiger partial charge < -0.3 is 5.32 Å². The number of hydrogen-bond donors (Lipinski definition) is 1. The predicted molar refractivity (Wildman–Crippen MR) is 70.4 cm³/mol. The van der Waals surface area contributed by atoms with Crippen LogP contribution in [0.5, 0.6) is 0 Å². The Bertz CT molecular complexity index is 298. The van der Waals surface area contributed by atoms with Gasteiger partial charge >= 0.3 is 0 Å². The van der Waals surface area contributed by atoms with Gasteiger partial charge in [0.15, 0.2) is 0 Å². The number of rotatable bonds is 5. The van der Waals surface area contributed by atoms with Crippen LogP contribution in [0.15, 0.2) is 10.5 Å². The van der Waals surface area contributed by atoms with Gasteiger partial charge in [-0.25, -0.2) is 0 Å². The molecule has 0 unspecified atom stereocenters. The summed E-state index contributed by atoms with van der Waals surface area (Å²) in [6.07, 6.45) is 5.75. The fourth-order valence-corrected chi connectivity index (χ4v) is 3.48. The van der Waals surface area contributed by atoms with Crippen LogP contribution in [-0.2, 0) is 6.54 Å². The summed E-state index contributed by atoms with van der Waals surface area (Å²) in [5, 5.41) is 3.53. The summed E-state index contributed by atoms with van der Waals surface area (Å²) in [5.74, 6) is 1.02. The average Bonchev–Trinajstić information content (AvgIpc) is 2.43. The molecule has 2 rings (SSSR count). The maximum atomic E-state index is 3.55. The smallest absolute Gasteiger partial charge is 0.0314 e. The molecule has 0 amide bonds. The molecule has 1 saturated carbocycles. The van der Waals surface area contributed by atoms with Gasteiger partial charge in [-0.3, -0.25) is 0 Å². The highest BCUT2D eigenvalue weighted by molar-refractivity contribution is 9.10. The minimum Gasteiger partial charge on any atom is -0.312 e. The lowest BCUT2D eigenvalue weighted by atomic mass is 9.83. The van der Waals surface area contributed by atoms with Crippen LogP contribution in [0.4, 0.5) is 0 Å². The lowest BCUT2D eigenvalue weighted by molar-refractivity contribution is 0.292. The largest absolute Gasteiger partial charge is 0.312 e. The van der Waals surface area contributed by atoms with Gasteiger partial charge in [0.1, 0.15) is 0 Å². The van der Waals surface area contributed by atoms with Crippen LogP contribution in [-0.4, -0.2) is 6.54 Å². The molecule has 1 heterocycles. The molecule has 1 aromatic rings. The molecule has 0 spiro atoms. The van der Waals surface area contributed by atoms with Crippen molar-refractivity contribution < 1.29 is 0 Å². The second kappa shape index (κ2) is 5.46. The summed E-state index contributed by atoms with van der Waals surface area (Å²) in [7, 11) is 0. The van der Waals surface area contributed by atoms with Crippen molar-refractivity contribution in [3.8, 4) is 0 Å². The summed E-state index contributed by atoms with van der Waals surface area (Å²) in [4.78, 5) is 2.82. The van der Waals surface area contributed by atoms with E-state index in [0.717, 1.165) is 12.5 Å². The second-order valence-electron chi connectivity index (χ2n) is 4.38. The molecule has 1 aliphatic carbocycles. The van der Waals surface area contributed by atoms with Crippen molar-refractivity contribution in [1.29, 1.82) is 0 Å². The Morgan fingerprint density at radius 1 is 1.53 bits per heavy atom. The van der Waals surface area contributed by atoms with Crippen molar-refractivity contribution in [2.45, 2.75) is 39.2 Å². The van der Waals surface area contributed by atoms with E-state index < -0.39 is 0 Å². The van der Waals surface area contributed by atoms with Gasteiger partial charge in [-0.15, -0.1) is 11.3 Å². The van der Waals surface area contributed by atoms with E-state index >= 15 is 0 Å². The summed E-state index contributed by atoms with van der Waals surface area (Å²) in [6, 6.07) is 2.23. The molecule has 1 fully saturated rings. The maximum Gasteiger partial charge on any atom is 0.0314 e. The molecule has 0 atom stereocenters. The highest BCUT2D eigenvalue weighted by Gasteiger charge is 2.16. The fraction of sp³-hybridized carbons (Fsp3) is 0.667. The minimum atomic E-state index is 1.02. The van der Waals surface area contributed by atoms with Crippen molar-refractivity contribution in [1.82, 2.24) is 5.32 Å². The summed E-state index contributed by atoms with van der Waals surface area (Å²) >= 11 is 5.43. The molecule has 0 radical (unpaired) electrons. The summed E-state index contributed by atoms with van der Waals surface area (Å²) in [6.45, 7) is 4.37. The van der Waals surface area contributed by atoms with Crippen molar-refractivity contribution >= 4 is 27.3 Å². The van der Waals surface area contributed by atoms with Gasteiger partial charge in [0.05, 0.1) is 0 Å². The first-order chi connectivity index (χ1) is 7.25. The molecule has 1 N–H and O–H groups in total. The Balaban J connectivity index is 1.64. The summed E-state index contributed by atoms with van der Waals surface area (Å²) < 4.78 is 1.25. The van der Waals surface area contributed by atoms with Gasteiger partial charge in [-0.05, 0) is 47.8 Å². The van der Waals surface area contributed by atoms with Gasteiger partial charge in [-0.2, -0.15) is 0 Å². The topological polar surface area (TPSA) is 12.0 Å². The Hall–Kier alpha value is 0.140. The molecular formula is C12H18BrNS. The third-order valence-corrected chi connectivity index (χ3v) is 5.30. The zero-order valence-corrected chi connectivity index (χ0v) is 11.6. The second-order valence-corrected chi connectivity index (χ2v) is 6.57. The molecular weight excluding hydrogens is 270 g/mol. The van der Waals surface area contributed by atoms with E-state index in [2.05, 4.69) is 34.2 Å². The van der Waals surface area contributed by atoms with E-state index in [-0.39, 0.29) is 0 Å². The van der Waals surface area contributed by atoms with Crippen LogP contribution >= 0.6 is 27.3 Å². The molecule has 0 aliphatic heterocycles. The fourth-order valence-electron chi connectivity index (χ4n) is 1.90. The minimum absolute atomic E-state index is 1.02. The van der Waals surface area contributed by atoms with Gasteiger partial charge in [0, 0.05) is 20.8 Å². The molecule has 15 heavy (non-hydrogen) atoms. The Morgan fingerprint density at radius 3 is 2.87 bits per heavy atom. The Kier molecular flexibility index (Phi) is 4.23. The molecule has 3 heteroatoms. The Morgan fingerprint density at radius 2 is 2.33 bits per heavy atom. The van der Waals surface area contributed by atoms with Crippen LogP contribution in [0.1, 0.15) is 35.4 Å². The number of halogens is 1. The van der Waals surface area contributed by atoms with Crippen LogP contribution in [0.25, 0.3) is 0 Å². The quantitative estimate of drug-likeness (QED) is 0.804. The molecule has 1 aromatic heterocycles. The number of hydrogen-bond acceptors (Lipinski definition) is 2. The van der Waals surface area contributed by atoms with Crippen molar-refractivity contribution in [2.75, 3.05) is 6.54 Å². The first kappa shape index (κ1) is 11.6. The molecule has 84 valence electrons. The lowest BCUT2D eigenvalue weighted by Gasteiger charge is -2.25. The number of nitrogens with one attached hydrogen (secondary N) is 1. The molecule has 0 saturated heterocycles. The predicted octanol–water partition coefficient (Wildman–Crippen LogP) is 4.10. The molecule has 1 aliphatic rings. The molecule has 1 nitrogen and oxygen atoms in total. The Labute approximate surface area is 104 Å². The van der Waals surface area contributed by atoms with E-state index in [9.17, 15) is 0 Å². The normalized spacial score (nSPS) is 16.7. The monoisotopic (exact) mass is 287 g/mol. The van der Waals surface area contributed by atoms with Gasteiger partial charge in [-0.1, -0.05) is 19.3 Å².